The molecule has 0 radical (unpaired) electrons. The maximum absolute atomic E-state index is 12.9. The third-order valence-corrected chi connectivity index (χ3v) is 6.46. The van der Waals surface area contributed by atoms with Crippen molar-refractivity contribution in [2.24, 2.45) is 0 Å². The van der Waals surface area contributed by atoms with E-state index in [2.05, 4.69) is 19.7 Å². The summed E-state index contributed by atoms with van der Waals surface area (Å²) in [7, 11) is -3.97. The van der Waals surface area contributed by atoms with E-state index in [0.29, 0.717) is 11.1 Å². The lowest BCUT2D eigenvalue weighted by molar-refractivity contribution is -0.385. The fourth-order valence-corrected chi connectivity index (χ4v) is 4.19. The van der Waals surface area contributed by atoms with Crippen LogP contribution in [0.25, 0.3) is 11.3 Å². The predicted octanol–water partition coefficient (Wildman–Crippen LogP) is 4.44. The molecule has 2 heterocycles. The van der Waals surface area contributed by atoms with E-state index in [9.17, 15) is 18.5 Å². The quantitative estimate of drug-likeness (QED) is 0.282. The van der Waals surface area contributed by atoms with Gasteiger partial charge in [0.25, 0.3) is 21.6 Å². The summed E-state index contributed by atoms with van der Waals surface area (Å²) in [5, 5.41) is 11.4. The molecule has 178 valence electrons. The molecule has 0 aliphatic rings. The normalized spacial score (nSPS) is 11.1. The first-order valence-electron chi connectivity index (χ1n) is 10.5. The second-order valence-corrected chi connectivity index (χ2v) is 9.42. The molecule has 11 heteroatoms. The van der Waals surface area contributed by atoms with Gasteiger partial charge in [0.15, 0.2) is 0 Å². The SMILES string of the molecule is Cc1ccc(S(=O)(=O)Nc2ncc(-c3ccc(C)c([N+](=O)[O-])c3)nc2OCc2cccnc2)cc1. The van der Waals surface area contributed by atoms with Crippen LogP contribution < -0.4 is 9.46 Å². The van der Waals surface area contributed by atoms with Crippen LogP contribution in [0.1, 0.15) is 16.7 Å². The summed E-state index contributed by atoms with van der Waals surface area (Å²) in [6.07, 6.45) is 4.56. The van der Waals surface area contributed by atoms with Crippen LogP contribution in [0.4, 0.5) is 11.5 Å². The topological polar surface area (TPSA) is 137 Å². The van der Waals surface area contributed by atoms with Crippen LogP contribution in [-0.2, 0) is 16.6 Å². The number of aromatic nitrogens is 3. The Labute approximate surface area is 201 Å². The van der Waals surface area contributed by atoms with Crippen LogP contribution in [0, 0.1) is 24.0 Å². The highest BCUT2D eigenvalue weighted by Gasteiger charge is 2.20. The summed E-state index contributed by atoms with van der Waals surface area (Å²) in [4.78, 5) is 23.6. The molecule has 0 amide bonds. The lowest BCUT2D eigenvalue weighted by Crippen LogP contribution is -2.15. The molecule has 0 saturated heterocycles. The third-order valence-electron chi connectivity index (χ3n) is 5.10. The lowest BCUT2D eigenvalue weighted by Gasteiger charge is -2.13. The van der Waals surface area contributed by atoms with Gasteiger partial charge in [0.05, 0.1) is 21.7 Å². The van der Waals surface area contributed by atoms with E-state index in [1.165, 1.54) is 24.4 Å². The van der Waals surface area contributed by atoms with Crippen molar-refractivity contribution < 1.29 is 18.1 Å². The van der Waals surface area contributed by atoms with Crippen molar-refractivity contribution in [2.45, 2.75) is 25.3 Å². The van der Waals surface area contributed by atoms with E-state index < -0.39 is 14.9 Å². The van der Waals surface area contributed by atoms with Crippen molar-refractivity contribution in [3.63, 3.8) is 0 Å². The monoisotopic (exact) mass is 491 g/mol. The summed E-state index contributed by atoms with van der Waals surface area (Å²) in [6.45, 7) is 3.55. The molecular weight excluding hydrogens is 470 g/mol. The van der Waals surface area contributed by atoms with Gasteiger partial charge in [-0.05, 0) is 32.0 Å². The molecule has 2 aromatic carbocycles. The summed E-state index contributed by atoms with van der Waals surface area (Å²) in [5.74, 6) is -0.190. The third kappa shape index (κ3) is 5.58. The number of anilines is 1. The smallest absolute Gasteiger partial charge is 0.272 e. The van der Waals surface area contributed by atoms with Gasteiger partial charge in [-0.3, -0.25) is 19.8 Å². The highest BCUT2D eigenvalue weighted by atomic mass is 32.2. The second kappa shape index (κ2) is 9.85. The van der Waals surface area contributed by atoms with Crippen LogP contribution >= 0.6 is 0 Å². The molecule has 1 N–H and O–H groups in total. The fraction of sp³-hybridized carbons (Fsp3) is 0.125. The van der Waals surface area contributed by atoms with Gasteiger partial charge in [-0.15, -0.1) is 0 Å². The number of ether oxygens (including phenoxy) is 1. The molecule has 4 rings (SSSR count). The molecular formula is C24H21N5O5S. The maximum Gasteiger partial charge on any atom is 0.272 e. The van der Waals surface area contributed by atoms with Crippen LogP contribution in [0.3, 0.4) is 0 Å². The second-order valence-electron chi connectivity index (χ2n) is 7.74. The van der Waals surface area contributed by atoms with Gasteiger partial charge in [0.1, 0.15) is 6.61 Å². The molecule has 10 nitrogen and oxygen atoms in total. The first kappa shape index (κ1) is 23.8. The largest absolute Gasteiger partial charge is 0.470 e. The van der Waals surface area contributed by atoms with Crippen LogP contribution in [-0.4, -0.2) is 28.3 Å². The molecule has 0 fully saturated rings. The fourth-order valence-electron chi connectivity index (χ4n) is 3.19. The zero-order valence-corrected chi connectivity index (χ0v) is 19.7. The van der Waals surface area contributed by atoms with Gasteiger partial charge in [0.2, 0.25) is 5.82 Å². The number of nitrogens with one attached hydrogen (secondary N) is 1. The van der Waals surface area contributed by atoms with Gasteiger partial charge in [-0.25, -0.2) is 18.4 Å². The van der Waals surface area contributed by atoms with Crippen molar-refractivity contribution in [3.05, 3.63) is 100.0 Å². The van der Waals surface area contributed by atoms with Gasteiger partial charge in [0, 0.05) is 35.2 Å². The lowest BCUT2D eigenvalue weighted by atomic mass is 10.1. The molecule has 0 bridgehead atoms. The Morgan fingerprint density at radius 1 is 1.06 bits per heavy atom. The Bertz CT molecular complexity index is 1480. The first-order chi connectivity index (χ1) is 16.7. The summed E-state index contributed by atoms with van der Waals surface area (Å²) < 4.78 is 34.1. The van der Waals surface area contributed by atoms with E-state index >= 15 is 0 Å². The van der Waals surface area contributed by atoms with Gasteiger partial charge in [-0.1, -0.05) is 35.9 Å². The average molecular weight is 492 g/mol. The number of aryl methyl sites for hydroxylation is 2. The molecule has 0 aliphatic carbocycles. The number of nitrogens with zero attached hydrogens (tertiary/aromatic N) is 4. The Hall–Kier alpha value is -4.38. The van der Waals surface area contributed by atoms with E-state index in [1.54, 1.807) is 55.7 Å². The molecule has 2 aromatic heterocycles. The minimum Gasteiger partial charge on any atom is -0.470 e. The molecule has 4 aromatic rings. The van der Waals surface area contributed by atoms with Gasteiger partial charge in [-0.2, -0.15) is 0 Å². The van der Waals surface area contributed by atoms with E-state index in [1.807, 2.05) is 6.92 Å². The number of benzene rings is 2. The highest BCUT2D eigenvalue weighted by molar-refractivity contribution is 7.92. The highest BCUT2D eigenvalue weighted by Crippen LogP contribution is 2.30. The van der Waals surface area contributed by atoms with Crippen molar-refractivity contribution in [2.75, 3.05) is 4.72 Å². The standard InChI is InChI=1S/C24H21N5O5S/c1-16-5-9-20(10-6-16)35(32,33)28-23-24(34-15-18-4-3-11-25-13-18)27-21(14-26-23)19-8-7-17(2)22(12-19)29(30)31/h3-14H,15H2,1-2H3,(H,26,28). The number of pyridine rings is 1. The maximum atomic E-state index is 12.9. The van der Waals surface area contributed by atoms with Crippen LogP contribution in [0.2, 0.25) is 0 Å². The molecule has 0 saturated carbocycles. The Balaban J connectivity index is 1.72. The molecule has 0 aliphatic heterocycles. The van der Waals surface area contributed by atoms with E-state index in [0.717, 1.165) is 11.1 Å². The van der Waals surface area contributed by atoms with E-state index in [4.69, 9.17) is 4.74 Å². The van der Waals surface area contributed by atoms with Crippen molar-refractivity contribution in [3.8, 4) is 17.1 Å². The first-order valence-corrected chi connectivity index (χ1v) is 11.9. The minimum atomic E-state index is -3.97. The number of rotatable bonds is 8. The minimum absolute atomic E-state index is 0.0548. The summed E-state index contributed by atoms with van der Waals surface area (Å²) in [5.41, 5.74) is 2.81. The van der Waals surface area contributed by atoms with Gasteiger partial charge < -0.3 is 4.74 Å². The van der Waals surface area contributed by atoms with Gasteiger partial charge >= 0.3 is 0 Å². The van der Waals surface area contributed by atoms with Crippen molar-refractivity contribution in [1.82, 2.24) is 15.0 Å². The van der Waals surface area contributed by atoms with Crippen LogP contribution in [0.15, 0.2) is 78.1 Å². The molecule has 0 atom stereocenters. The Morgan fingerprint density at radius 2 is 1.83 bits per heavy atom. The zero-order valence-electron chi connectivity index (χ0n) is 18.9. The number of hydrogen-bond acceptors (Lipinski definition) is 8. The molecule has 35 heavy (non-hydrogen) atoms. The summed E-state index contributed by atoms with van der Waals surface area (Å²) in [6, 6.07) is 14.6. The predicted molar refractivity (Wildman–Crippen MR) is 129 cm³/mol. The Kier molecular flexibility index (Phi) is 6.69. The number of hydrogen-bond donors (Lipinski definition) is 1. The zero-order chi connectivity index (χ0) is 25.0. The van der Waals surface area contributed by atoms with E-state index in [-0.39, 0.29) is 34.6 Å². The number of nitro benzene ring substituents is 1. The molecule has 0 spiro atoms. The Morgan fingerprint density at radius 3 is 2.51 bits per heavy atom. The molecule has 0 unspecified atom stereocenters. The van der Waals surface area contributed by atoms with Crippen LogP contribution in [0.5, 0.6) is 5.88 Å². The van der Waals surface area contributed by atoms with Crippen molar-refractivity contribution >= 4 is 21.5 Å². The summed E-state index contributed by atoms with van der Waals surface area (Å²) >= 11 is 0. The number of nitro groups is 1. The average Bonchev–Trinajstić information content (AvgIpc) is 2.84. The van der Waals surface area contributed by atoms with Crippen molar-refractivity contribution in [1.29, 1.82) is 0 Å². The number of sulfonamides is 1.